The van der Waals surface area contributed by atoms with Crippen molar-refractivity contribution >= 4 is 21.6 Å². The maximum absolute atomic E-state index is 8.75. The Labute approximate surface area is 97.7 Å². The zero-order valence-corrected chi connectivity index (χ0v) is 9.95. The zero-order chi connectivity index (χ0) is 11.3. The van der Waals surface area contributed by atoms with E-state index in [0.29, 0.717) is 18.5 Å². The molecule has 76 valence electrons. The molecule has 0 amide bonds. The summed E-state index contributed by atoms with van der Waals surface area (Å²) >= 11 is 3.33. The Hall–Kier alpha value is -1.52. The highest BCUT2D eigenvalue weighted by atomic mass is 79.9. The van der Waals surface area contributed by atoms with E-state index in [0.717, 1.165) is 10.2 Å². The van der Waals surface area contributed by atoms with Gasteiger partial charge in [0.1, 0.15) is 6.07 Å². The van der Waals surface area contributed by atoms with Crippen molar-refractivity contribution in [2.75, 3.05) is 18.5 Å². The van der Waals surface area contributed by atoms with Crippen LogP contribution in [0.25, 0.3) is 0 Å². The van der Waals surface area contributed by atoms with Gasteiger partial charge >= 0.3 is 0 Å². The molecule has 0 heterocycles. The molecule has 0 N–H and O–H groups in total. The van der Waals surface area contributed by atoms with Crippen molar-refractivity contribution in [1.82, 2.24) is 0 Å². The molecule has 0 aliphatic rings. The molecule has 0 aliphatic carbocycles. The monoisotopic (exact) mass is 263 g/mol. The normalized spacial score (nSPS) is 9.07. The quantitative estimate of drug-likeness (QED) is 0.843. The predicted molar refractivity (Wildman–Crippen MR) is 62.4 cm³/mol. The van der Waals surface area contributed by atoms with Gasteiger partial charge in [-0.05, 0) is 34.1 Å². The highest BCUT2D eigenvalue weighted by molar-refractivity contribution is 9.10. The molecule has 1 rings (SSSR count). The Morgan fingerprint density at radius 3 is 2.67 bits per heavy atom. The summed E-state index contributed by atoms with van der Waals surface area (Å²) < 4.78 is 0.784. The number of rotatable bonds is 3. The minimum absolute atomic E-state index is 0.494. The number of nitrogens with zero attached hydrogens (tertiary/aromatic N) is 3. The van der Waals surface area contributed by atoms with Gasteiger partial charge in [-0.3, -0.25) is 0 Å². The minimum atomic E-state index is 0.494. The van der Waals surface area contributed by atoms with Crippen molar-refractivity contribution in [2.24, 2.45) is 0 Å². The summed E-state index contributed by atoms with van der Waals surface area (Å²) in [6.45, 7) is 0.689. The summed E-state index contributed by atoms with van der Waals surface area (Å²) in [5, 5.41) is 17.2. The molecule has 15 heavy (non-hydrogen) atoms. The van der Waals surface area contributed by atoms with Crippen LogP contribution in [0.4, 0.5) is 5.69 Å². The highest BCUT2D eigenvalue weighted by Gasteiger charge is 2.04. The third-order valence-corrected chi connectivity index (χ3v) is 2.73. The molecule has 0 saturated carbocycles. The van der Waals surface area contributed by atoms with E-state index in [9.17, 15) is 0 Å². The van der Waals surface area contributed by atoms with Gasteiger partial charge < -0.3 is 4.90 Å². The third kappa shape index (κ3) is 2.97. The van der Waals surface area contributed by atoms with Gasteiger partial charge in [0.25, 0.3) is 0 Å². The Morgan fingerprint density at radius 1 is 1.40 bits per heavy atom. The summed E-state index contributed by atoms with van der Waals surface area (Å²) in [6, 6.07) is 9.71. The van der Waals surface area contributed by atoms with E-state index < -0.39 is 0 Å². The van der Waals surface area contributed by atoms with Crippen molar-refractivity contribution in [3.05, 3.63) is 28.2 Å². The van der Waals surface area contributed by atoms with E-state index in [1.54, 1.807) is 6.07 Å². The maximum Gasteiger partial charge on any atom is 0.100 e. The van der Waals surface area contributed by atoms with Crippen LogP contribution in [-0.2, 0) is 0 Å². The molecule has 0 saturated heterocycles. The summed E-state index contributed by atoms with van der Waals surface area (Å²) in [5.74, 6) is 0. The molecule has 0 radical (unpaired) electrons. The number of hydrogen-bond donors (Lipinski definition) is 0. The molecule has 1 aromatic carbocycles. The van der Waals surface area contributed by atoms with Crippen LogP contribution < -0.4 is 4.90 Å². The second-order valence-corrected chi connectivity index (χ2v) is 3.96. The second-order valence-electron chi connectivity index (χ2n) is 3.11. The number of hydrogen-bond acceptors (Lipinski definition) is 3. The molecular weight excluding hydrogens is 254 g/mol. The van der Waals surface area contributed by atoms with Gasteiger partial charge in [0.05, 0.1) is 18.1 Å². The summed E-state index contributed by atoms with van der Waals surface area (Å²) in [7, 11) is 1.92. The zero-order valence-electron chi connectivity index (χ0n) is 8.37. The van der Waals surface area contributed by atoms with Crippen LogP contribution in [0.2, 0.25) is 0 Å². The molecule has 4 heteroatoms. The molecule has 0 unspecified atom stereocenters. The van der Waals surface area contributed by atoms with Crippen molar-refractivity contribution < 1.29 is 0 Å². The van der Waals surface area contributed by atoms with Gasteiger partial charge in [0.2, 0.25) is 0 Å². The van der Waals surface area contributed by atoms with Crippen molar-refractivity contribution in [1.29, 1.82) is 10.5 Å². The van der Waals surface area contributed by atoms with Crippen LogP contribution in [0.3, 0.4) is 0 Å². The Morgan fingerprint density at radius 2 is 2.13 bits per heavy atom. The summed E-state index contributed by atoms with van der Waals surface area (Å²) in [5.41, 5.74) is 1.61. The molecule has 3 nitrogen and oxygen atoms in total. The van der Waals surface area contributed by atoms with Crippen molar-refractivity contribution in [3.8, 4) is 12.1 Å². The van der Waals surface area contributed by atoms with E-state index >= 15 is 0 Å². The lowest BCUT2D eigenvalue weighted by molar-refractivity contribution is 0.905. The number of anilines is 1. The second kappa shape index (κ2) is 5.38. The first-order chi connectivity index (χ1) is 7.19. The van der Waals surface area contributed by atoms with Gasteiger partial charge in [0.15, 0.2) is 0 Å². The number of halogens is 1. The SMILES string of the molecule is CN(CCC#N)c1ccc(C#N)c(Br)c1. The number of benzene rings is 1. The lowest BCUT2D eigenvalue weighted by atomic mass is 10.2. The Kier molecular flexibility index (Phi) is 4.15. The smallest absolute Gasteiger partial charge is 0.100 e. The lowest BCUT2D eigenvalue weighted by Crippen LogP contribution is -2.17. The fourth-order valence-electron chi connectivity index (χ4n) is 1.18. The first-order valence-corrected chi connectivity index (χ1v) is 5.26. The molecule has 1 aromatic rings. The van der Waals surface area contributed by atoms with Crippen LogP contribution >= 0.6 is 15.9 Å². The fraction of sp³-hybridized carbons (Fsp3) is 0.273. The van der Waals surface area contributed by atoms with Gasteiger partial charge in [-0.1, -0.05) is 0 Å². The topological polar surface area (TPSA) is 50.8 Å². The van der Waals surface area contributed by atoms with Crippen LogP contribution in [0, 0.1) is 22.7 Å². The molecule has 0 aromatic heterocycles. The lowest BCUT2D eigenvalue weighted by Gasteiger charge is -2.17. The van der Waals surface area contributed by atoms with E-state index in [1.165, 1.54) is 0 Å². The summed E-state index contributed by atoms with van der Waals surface area (Å²) in [4.78, 5) is 1.98. The standard InChI is InChI=1S/C11H10BrN3/c1-15(6-2-5-13)10-4-3-9(8-14)11(12)7-10/h3-4,7H,2,6H2,1H3. The first-order valence-electron chi connectivity index (χ1n) is 4.46. The number of nitriles is 2. The Bertz CT molecular complexity index is 428. The van der Waals surface area contributed by atoms with Gasteiger partial charge in [-0.15, -0.1) is 0 Å². The average molecular weight is 264 g/mol. The first kappa shape index (κ1) is 11.6. The molecular formula is C11H10BrN3. The molecule has 0 spiro atoms. The minimum Gasteiger partial charge on any atom is -0.374 e. The van der Waals surface area contributed by atoms with Crippen LogP contribution in [-0.4, -0.2) is 13.6 Å². The van der Waals surface area contributed by atoms with Crippen LogP contribution in [0.1, 0.15) is 12.0 Å². The van der Waals surface area contributed by atoms with Crippen LogP contribution in [0.15, 0.2) is 22.7 Å². The fourth-order valence-corrected chi connectivity index (χ4v) is 1.63. The van der Waals surface area contributed by atoms with Crippen LogP contribution in [0.5, 0.6) is 0 Å². The molecule has 0 fully saturated rings. The maximum atomic E-state index is 8.75. The summed E-state index contributed by atoms with van der Waals surface area (Å²) in [6.07, 6.45) is 0.494. The van der Waals surface area contributed by atoms with E-state index in [2.05, 4.69) is 28.1 Å². The van der Waals surface area contributed by atoms with E-state index in [-0.39, 0.29) is 0 Å². The van der Waals surface area contributed by atoms with Crippen molar-refractivity contribution in [2.45, 2.75) is 6.42 Å². The van der Waals surface area contributed by atoms with Gasteiger partial charge in [0, 0.05) is 23.8 Å². The highest BCUT2D eigenvalue weighted by Crippen LogP contribution is 2.22. The molecule has 0 bridgehead atoms. The Balaban J connectivity index is 2.84. The van der Waals surface area contributed by atoms with E-state index in [4.69, 9.17) is 10.5 Å². The van der Waals surface area contributed by atoms with E-state index in [1.807, 2.05) is 24.1 Å². The predicted octanol–water partition coefficient (Wildman–Crippen LogP) is 2.67. The van der Waals surface area contributed by atoms with Crippen molar-refractivity contribution in [3.63, 3.8) is 0 Å². The van der Waals surface area contributed by atoms with Gasteiger partial charge in [-0.25, -0.2) is 0 Å². The van der Waals surface area contributed by atoms with Gasteiger partial charge in [-0.2, -0.15) is 10.5 Å². The molecule has 0 atom stereocenters. The largest absolute Gasteiger partial charge is 0.374 e. The molecule has 0 aliphatic heterocycles. The average Bonchev–Trinajstić information content (AvgIpc) is 2.25. The third-order valence-electron chi connectivity index (χ3n) is 2.07.